The standard InChI is InChI=1S/C8H13NO3/c10-6-7(11)9-5-8(6)1-3-12-4-2-8/h6,10H,1-5H2,(H,9,11)/t6-/m1/s1. The molecular weight excluding hydrogens is 158 g/mol. The Labute approximate surface area is 70.9 Å². The molecule has 2 N–H and O–H groups in total. The van der Waals surface area contributed by atoms with Gasteiger partial charge in [0.25, 0.3) is 0 Å². The first-order valence-electron chi connectivity index (χ1n) is 4.28. The SMILES string of the molecule is O=C1NCC2(CCOCC2)[C@@H]1O. The maximum atomic E-state index is 11.0. The summed E-state index contributed by atoms with van der Waals surface area (Å²) in [7, 11) is 0. The Morgan fingerprint density at radius 2 is 2.17 bits per heavy atom. The van der Waals surface area contributed by atoms with Crippen LogP contribution in [0.3, 0.4) is 0 Å². The van der Waals surface area contributed by atoms with Gasteiger partial charge >= 0.3 is 0 Å². The summed E-state index contributed by atoms with van der Waals surface area (Å²) in [6, 6.07) is 0. The molecule has 0 aromatic carbocycles. The van der Waals surface area contributed by atoms with Gasteiger partial charge in [0.15, 0.2) is 0 Å². The van der Waals surface area contributed by atoms with Gasteiger partial charge in [-0.15, -0.1) is 0 Å². The van der Waals surface area contributed by atoms with E-state index in [4.69, 9.17) is 4.74 Å². The number of aliphatic hydroxyl groups is 1. The molecule has 2 heterocycles. The molecule has 4 heteroatoms. The summed E-state index contributed by atoms with van der Waals surface area (Å²) in [5.74, 6) is -0.225. The second-order valence-corrected chi connectivity index (χ2v) is 3.60. The minimum Gasteiger partial charge on any atom is -0.383 e. The number of nitrogens with one attached hydrogen (secondary N) is 1. The number of carbonyl (C=O) groups excluding carboxylic acids is 1. The molecule has 0 unspecified atom stereocenters. The molecule has 2 saturated heterocycles. The van der Waals surface area contributed by atoms with Gasteiger partial charge in [-0.3, -0.25) is 4.79 Å². The first-order valence-corrected chi connectivity index (χ1v) is 4.28. The molecule has 2 rings (SSSR count). The van der Waals surface area contributed by atoms with Crippen molar-refractivity contribution in [1.82, 2.24) is 5.32 Å². The highest BCUT2D eigenvalue weighted by Gasteiger charge is 2.47. The van der Waals surface area contributed by atoms with Crippen molar-refractivity contribution in [1.29, 1.82) is 0 Å². The van der Waals surface area contributed by atoms with Crippen LogP contribution in [0.25, 0.3) is 0 Å². The number of hydrogen-bond acceptors (Lipinski definition) is 3. The predicted octanol–water partition coefficient (Wildman–Crippen LogP) is -0.726. The van der Waals surface area contributed by atoms with Crippen LogP contribution in [0.2, 0.25) is 0 Å². The molecule has 0 radical (unpaired) electrons. The minimum absolute atomic E-state index is 0.225. The smallest absolute Gasteiger partial charge is 0.249 e. The lowest BCUT2D eigenvalue weighted by molar-refractivity contribution is -0.131. The van der Waals surface area contributed by atoms with Gasteiger partial charge in [0.05, 0.1) is 0 Å². The van der Waals surface area contributed by atoms with Gasteiger partial charge in [-0.1, -0.05) is 0 Å². The number of carbonyl (C=O) groups is 1. The topological polar surface area (TPSA) is 58.6 Å². The number of ether oxygens (including phenoxy) is 1. The molecule has 1 atom stereocenters. The number of hydrogen-bond donors (Lipinski definition) is 2. The van der Waals surface area contributed by atoms with Crippen molar-refractivity contribution >= 4 is 5.91 Å². The molecule has 2 aliphatic heterocycles. The molecular formula is C8H13NO3. The van der Waals surface area contributed by atoms with E-state index < -0.39 is 6.10 Å². The monoisotopic (exact) mass is 171 g/mol. The molecule has 1 spiro atoms. The van der Waals surface area contributed by atoms with E-state index in [0.717, 1.165) is 12.8 Å². The van der Waals surface area contributed by atoms with Crippen molar-refractivity contribution in [2.24, 2.45) is 5.41 Å². The van der Waals surface area contributed by atoms with Crippen molar-refractivity contribution in [2.45, 2.75) is 18.9 Å². The van der Waals surface area contributed by atoms with Gasteiger partial charge in [-0.2, -0.15) is 0 Å². The summed E-state index contributed by atoms with van der Waals surface area (Å²) < 4.78 is 5.19. The summed E-state index contributed by atoms with van der Waals surface area (Å²) in [4.78, 5) is 11.0. The zero-order chi connectivity index (χ0) is 8.60. The first kappa shape index (κ1) is 8.01. The Bertz CT molecular complexity index is 198. The Morgan fingerprint density at radius 3 is 2.67 bits per heavy atom. The molecule has 0 bridgehead atoms. The van der Waals surface area contributed by atoms with Crippen LogP contribution in [0.1, 0.15) is 12.8 Å². The van der Waals surface area contributed by atoms with Gasteiger partial charge in [0, 0.05) is 25.2 Å². The fourth-order valence-electron chi connectivity index (χ4n) is 1.96. The van der Waals surface area contributed by atoms with Crippen molar-refractivity contribution in [3.63, 3.8) is 0 Å². The van der Waals surface area contributed by atoms with Crippen LogP contribution in [0.4, 0.5) is 0 Å². The zero-order valence-electron chi connectivity index (χ0n) is 6.88. The first-order chi connectivity index (χ1) is 5.75. The lowest BCUT2D eigenvalue weighted by Crippen LogP contribution is -2.40. The van der Waals surface area contributed by atoms with Crippen LogP contribution in [-0.2, 0) is 9.53 Å². The molecule has 12 heavy (non-hydrogen) atoms. The maximum Gasteiger partial charge on any atom is 0.249 e. The van der Waals surface area contributed by atoms with Gasteiger partial charge in [-0.05, 0) is 12.8 Å². The molecule has 0 aromatic rings. The molecule has 4 nitrogen and oxygen atoms in total. The third kappa shape index (κ3) is 1.03. The van der Waals surface area contributed by atoms with E-state index in [1.54, 1.807) is 0 Å². The summed E-state index contributed by atoms with van der Waals surface area (Å²) in [5, 5.41) is 12.3. The highest BCUT2D eigenvalue weighted by molar-refractivity contribution is 5.84. The van der Waals surface area contributed by atoms with Crippen LogP contribution in [0.5, 0.6) is 0 Å². The van der Waals surface area contributed by atoms with Crippen LogP contribution in [-0.4, -0.2) is 36.9 Å². The normalized spacial score (nSPS) is 33.8. The van der Waals surface area contributed by atoms with Crippen LogP contribution >= 0.6 is 0 Å². The van der Waals surface area contributed by atoms with Crippen molar-refractivity contribution in [2.75, 3.05) is 19.8 Å². The van der Waals surface area contributed by atoms with Crippen molar-refractivity contribution in [3.8, 4) is 0 Å². The Hall–Kier alpha value is -0.610. The molecule has 1 amide bonds. The van der Waals surface area contributed by atoms with Crippen LogP contribution in [0.15, 0.2) is 0 Å². The average molecular weight is 171 g/mol. The van der Waals surface area contributed by atoms with E-state index in [1.807, 2.05) is 0 Å². The second kappa shape index (κ2) is 2.71. The summed E-state index contributed by atoms with van der Waals surface area (Å²) in [6.07, 6.45) is 0.751. The molecule has 0 saturated carbocycles. The minimum atomic E-state index is -0.818. The van der Waals surface area contributed by atoms with E-state index in [1.165, 1.54) is 0 Å². The largest absolute Gasteiger partial charge is 0.383 e. The van der Waals surface area contributed by atoms with E-state index in [-0.39, 0.29) is 11.3 Å². The zero-order valence-corrected chi connectivity index (χ0v) is 6.88. The van der Waals surface area contributed by atoms with Gasteiger partial charge in [0.1, 0.15) is 6.10 Å². The Balaban J connectivity index is 2.14. The predicted molar refractivity (Wildman–Crippen MR) is 41.5 cm³/mol. The van der Waals surface area contributed by atoms with Gasteiger partial charge in [-0.25, -0.2) is 0 Å². The highest BCUT2D eigenvalue weighted by atomic mass is 16.5. The maximum absolute atomic E-state index is 11.0. The number of rotatable bonds is 0. The van der Waals surface area contributed by atoms with E-state index in [9.17, 15) is 9.90 Å². The third-order valence-corrected chi connectivity index (χ3v) is 2.93. The van der Waals surface area contributed by atoms with Crippen molar-refractivity contribution in [3.05, 3.63) is 0 Å². The molecule has 68 valence electrons. The molecule has 0 aromatic heterocycles. The van der Waals surface area contributed by atoms with Crippen molar-refractivity contribution < 1.29 is 14.6 Å². The number of aliphatic hydroxyl groups excluding tert-OH is 1. The quantitative estimate of drug-likeness (QED) is 0.505. The molecule has 2 fully saturated rings. The number of amides is 1. The fourth-order valence-corrected chi connectivity index (χ4v) is 1.96. The summed E-state index contributed by atoms with van der Waals surface area (Å²) in [6.45, 7) is 1.92. The Kier molecular flexibility index (Phi) is 1.81. The van der Waals surface area contributed by atoms with Gasteiger partial charge in [0.2, 0.25) is 5.91 Å². The third-order valence-electron chi connectivity index (χ3n) is 2.93. The molecule has 0 aliphatic carbocycles. The van der Waals surface area contributed by atoms with E-state index in [0.29, 0.717) is 19.8 Å². The second-order valence-electron chi connectivity index (χ2n) is 3.60. The average Bonchev–Trinajstić information content (AvgIpc) is 2.37. The lowest BCUT2D eigenvalue weighted by Gasteiger charge is -2.33. The van der Waals surface area contributed by atoms with Crippen LogP contribution < -0.4 is 5.32 Å². The van der Waals surface area contributed by atoms with E-state index in [2.05, 4.69) is 5.32 Å². The lowest BCUT2D eigenvalue weighted by atomic mass is 9.77. The Morgan fingerprint density at radius 1 is 1.50 bits per heavy atom. The highest BCUT2D eigenvalue weighted by Crippen LogP contribution is 2.36. The summed E-state index contributed by atoms with van der Waals surface area (Å²) in [5.41, 5.74) is -0.227. The molecule has 2 aliphatic rings. The fraction of sp³-hybridized carbons (Fsp3) is 0.875. The van der Waals surface area contributed by atoms with E-state index >= 15 is 0 Å². The van der Waals surface area contributed by atoms with Gasteiger partial charge < -0.3 is 15.2 Å². The van der Waals surface area contributed by atoms with Crippen LogP contribution in [0, 0.1) is 5.41 Å². The summed E-state index contributed by atoms with van der Waals surface area (Å²) >= 11 is 0.